The van der Waals surface area contributed by atoms with Gasteiger partial charge in [0.25, 0.3) is 0 Å². The molecule has 0 saturated heterocycles. The second-order valence-corrected chi connectivity index (χ2v) is 3.91. The molecule has 0 aromatic carbocycles. The summed E-state index contributed by atoms with van der Waals surface area (Å²) in [6, 6.07) is 0. The third-order valence-electron chi connectivity index (χ3n) is 2.83. The van der Waals surface area contributed by atoms with E-state index in [1.54, 1.807) is 11.0 Å². The van der Waals surface area contributed by atoms with Gasteiger partial charge in [-0.05, 0) is 13.8 Å². The van der Waals surface area contributed by atoms with Crippen molar-refractivity contribution in [3.63, 3.8) is 0 Å². The van der Waals surface area contributed by atoms with Crippen molar-refractivity contribution in [3.05, 3.63) is 12.0 Å². The van der Waals surface area contributed by atoms with Crippen LogP contribution in [0.3, 0.4) is 0 Å². The van der Waals surface area contributed by atoms with Crippen molar-refractivity contribution in [2.24, 2.45) is 7.05 Å². The maximum absolute atomic E-state index is 9.07. The molecule has 0 saturated carbocycles. The number of nitrogens with zero attached hydrogens (tertiary/aromatic N) is 5. The molecule has 0 aliphatic heterocycles. The number of likely N-dealkylation sites (N-methyl/N-ethyl adjacent to an activating group) is 1. The number of rotatable bonds is 4. The van der Waals surface area contributed by atoms with Crippen LogP contribution in [0.25, 0.3) is 11.0 Å². The Kier molecular flexibility index (Phi) is 3.23. The number of aromatic nitrogens is 4. The van der Waals surface area contributed by atoms with Crippen molar-refractivity contribution >= 4 is 16.9 Å². The summed E-state index contributed by atoms with van der Waals surface area (Å²) in [6.45, 7) is 5.45. The van der Waals surface area contributed by atoms with E-state index >= 15 is 0 Å². The van der Waals surface area contributed by atoms with E-state index in [0.717, 1.165) is 29.1 Å². The zero-order valence-corrected chi connectivity index (χ0v) is 10.4. The number of anilines is 1. The second-order valence-electron chi connectivity index (χ2n) is 3.91. The Morgan fingerprint density at radius 1 is 1.41 bits per heavy atom. The highest BCUT2D eigenvalue weighted by atomic mass is 16.3. The largest absolute Gasteiger partial charge is 0.395 e. The van der Waals surface area contributed by atoms with Gasteiger partial charge in [0.15, 0.2) is 5.65 Å². The zero-order valence-electron chi connectivity index (χ0n) is 10.4. The van der Waals surface area contributed by atoms with Gasteiger partial charge in [-0.3, -0.25) is 4.68 Å². The molecule has 2 heterocycles. The standard InChI is InChI=1S/C11H17N5O/c1-4-16(5-6-17)11-9-8(2)14-15(3)10(9)12-7-13-11/h7,17H,4-6H2,1-3H3. The second kappa shape index (κ2) is 4.67. The van der Waals surface area contributed by atoms with Crippen molar-refractivity contribution in [2.45, 2.75) is 13.8 Å². The van der Waals surface area contributed by atoms with E-state index in [1.165, 1.54) is 0 Å². The Morgan fingerprint density at radius 2 is 2.18 bits per heavy atom. The van der Waals surface area contributed by atoms with Crippen molar-refractivity contribution < 1.29 is 5.11 Å². The van der Waals surface area contributed by atoms with Crippen LogP contribution in [0, 0.1) is 6.92 Å². The molecule has 17 heavy (non-hydrogen) atoms. The van der Waals surface area contributed by atoms with E-state index in [9.17, 15) is 0 Å². The molecule has 6 nitrogen and oxygen atoms in total. The van der Waals surface area contributed by atoms with E-state index in [2.05, 4.69) is 15.1 Å². The maximum Gasteiger partial charge on any atom is 0.163 e. The molecule has 0 atom stereocenters. The van der Waals surface area contributed by atoms with Gasteiger partial charge in [-0.1, -0.05) is 0 Å². The highest BCUT2D eigenvalue weighted by molar-refractivity contribution is 5.89. The van der Waals surface area contributed by atoms with Crippen LogP contribution in [0.2, 0.25) is 0 Å². The number of aliphatic hydroxyl groups excluding tert-OH is 1. The Hall–Kier alpha value is -1.69. The van der Waals surface area contributed by atoms with Crippen molar-refractivity contribution in [3.8, 4) is 0 Å². The SMILES string of the molecule is CCN(CCO)c1ncnc2c1c(C)nn2C. The topological polar surface area (TPSA) is 67.1 Å². The lowest BCUT2D eigenvalue weighted by Crippen LogP contribution is -2.27. The fourth-order valence-corrected chi connectivity index (χ4v) is 2.03. The monoisotopic (exact) mass is 235 g/mol. The number of hydrogen-bond donors (Lipinski definition) is 1. The molecule has 0 bridgehead atoms. The Labute approximate surface area is 99.9 Å². The Balaban J connectivity index is 2.60. The molecular formula is C11H17N5O. The molecule has 0 aliphatic carbocycles. The lowest BCUT2D eigenvalue weighted by atomic mass is 10.3. The fraction of sp³-hybridized carbons (Fsp3) is 0.545. The summed E-state index contributed by atoms with van der Waals surface area (Å²) >= 11 is 0. The average Bonchev–Trinajstić information content (AvgIpc) is 2.62. The van der Waals surface area contributed by atoms with Crippen LogP contribution in [0.15, 0.2) is 6.33 Å². The summed E-state index contributed by atoms with van der Waals surface area (Å²) in [7, 11) is 1.87. The predicted octanol–water partition coefficient (Wildman–Crippen LogP) is 0.490. The highest BCUT2D eigenvalue weighted by Crippen LogP contribution is 2.25. The average molecular weight is 235 g/mol. The third kappa shape index (κ3) is 1.95. The molecule has 6 heteroatoms. The summed E-state index contributed by atoms with van der Waals surface area (Å²) in [4.78, 5) is 10.6. The lowest BCUT2D eigenvalue weighted by Gasteiger charge is -2.21. The van der Waals surface area contributed by atoms with Crippen LogP contribution in [0.4, 0.5) is 5.82 Å². The molecule has 92 valence electrons. The number of hydrogen-bond acceptors (Lipinski definition) is 5. The first kappa shape index (κ1) is 11.8. The van der Waals surface area contributed by atoms with Gasteiger partial charge in [0.1, 0.15) is 12.1 Å². The first-order valence-corrected chi connectivity index (χ1v) is 5.69. The molecule has 0 unspecified atom stereocenters. The van der Waals surface area contributed by atoms with Crippen LogP contribution in [-0.4, -0.2) is 44.6 Å². The Bertz CT molecular complexity index is 522. The predicted molar refractivity (Wildman–Crippen MR) is 66.0 cm³/mol. The molecule has 0 amide bonds. The summed E-state index contributed by atoms with van der Waals surface area (Å²) in [5, 5.41) is 14.4. The number of aliphatic hydroxyl groups is 1. The lowest BCUT2D eigenvalue weighted by molar-refractivity contribution is 0.302. The van der Waals surface area contributed by atoms with Gasteiger partial charge in [-0.25, -0.2) is 9.97 Å². The molecule has 2 aromatic rings. The van der Waals surface area contributed by atoms with Crippen LogP contribution in [0.1, 0.15) is 12.6 Å². The maximum atomic E-state index is 9.07. The number of aryl methyl sites for hydroxylation is 2. The van der Waals surface area contributed by atoms with Crippen molar-refractivity contribution in [1.82, 2.24) is 19.7 Å². The summed E-state index contributed by atoms with van der Waals surface area (Å²) in [6.07, 6.45) is 1.54. The fourth-order valence-electron chi connectivity index (χ4n) is 2.03. The zero-order chi connectivity index (χ0) is 12.4. The summed E-state index contributed by atoms with van der Waals surface area (Å²) in [5.41, 5.74) is 1.73. The molecule has 1 N–H and O–H groups in total. The van der Waals surface area contributed by atoms with E-state index in [1.807, 2.05) is 25.8 Å². The van der Waals surface area contributed by atoms with Gasteiger partial charge in [-0.2, -0.15) is 5.10 Å². The van der Waals surface area contributed by atoms with Crippen molar-refractivity contribution in [2.75, 3.05) is 24.6 Å². The van der Waals surface area contributed by atoms with Crippen LogP contribution in [0.5, 0.6) is 0 Å². The quantitative estimate of drug-likeness (QED) is 0.835. The smallest absolute Gasteiger partial charge is 0.163 e. The van der Waals surface area contributed by atoms with E-state index in [-0.39, 0.29) is 6.61 Å². The number of fused-ring (bicyclic) bond motifs is 1. The van der Waals surface area contributed by atoms with Crippen LogP contribution >= 0.6 is 0 Å². The minimum absolute atomic E-state index is 0.110. The molecule has 0 spiro atoms. The van der Waals surface area contributed by atoms with Crippen molar-refractivity contribution in [1.29, 1.82) is 0 Å². The first-order chi connectivity index (χ1) is 8.19. The van der Waals surface area contributed by atoms with E-state index in [0.29, 0.717) is 6.54 Å². The molecule has 2 aromatic heterocycles. The van der Waals surface area contributed by atoms with Gasteiger partial charge in [0, 0.05) is 20.1 Å². The third-order valence-corrected chi connectivity index (χ3v) is 2.83. The molecule has 0 aliphatic rings. The molecular weight excluding hydrogens is 218 g/mol. The Morgan fingerprint density at radius 3 is 2.82 bits per heavy atom. The van der Waals surface area contributed by atoms with Gasteiger partial charge < -0.3 is 10.0 Å². The van der Waals surface area contributed by atoms with Crippen LogP contribution in [-0.2, 0) is 7.05 Å². The van der Waals surface area contributed by atoms with Gasteiger partial charge in [0.05, 0.1) is 17.7 Å². The van der Waals surface area contributed by atoms with Gasteiger partial charge in [0.2, 0.25) is 0 Å². The van der Waals surface area contributed by atoms with E-state index in [4.69, 9.17) is 5.11 Å². The minimum atomic E-state index is 0.110. The molecule has 2 rings (SSSR count). The highest BCUT2D eigenvalue weighted by Gasteiger charge is 2.15. The molecule has 0 radical (unpaired) electrons. The van der Waals surface area contributed by atoms with E-state index < -0.39 is 0 Å². The van der Waals surface area contributed by atoms with Gasteiger partial charge in [-0.15, -0.1) is 0 Å². The first-order valence-electron chi connectivity index (χ1n) is 5.69. The normalized spacial score (nSPS) is 11.1. The summed E-state index contributed by atoms with van der Waals surface area (Å²) in [5.74, 6) is 0.845. The minimum Gasteiger partial charge on any atom is -0.395 e. The summed E-state index contributed by atoms with van der Waals surface area (Å²) < 4.78 is 1.75. The van der Waals surface area contributed by atoms with Crippen LogP contribution < -0.4 is 4.90 Å². The molecule has 0 fully saturated rings. The van der Waals surface area contributed by atoms with Gasteiger partial charge >= 0.3 is 0 Å².